The second-order valence-electron chi connectivity index (χ2n) is 6.01. The average molecular weight is 333 g/mol. The molecule has 2 aromatic carbocycles. The number of hydrogen-bond acceptors (Lipinski definition) is 2. The summed E-state index contributed by atoms with van der Waals surface area (Å²) in [6.07, 6.45) is 1.84. The van der Waals surface area contributed by atoms with Crippen LogP contribution in [0.5, 0.6) is 0 Å². The molecule has 4 heteroatoms. The number of carbonyl (C=O) groups excluding carboxylic acids is 1. The van der Waals surface area contributed by atoms with Gasteiger partial charge in [0.05, 0.1) is 11.3 Å². The van der Waals surface area contributed by atoms with Crippen LogP contribution in [-0.4, -0.2) is 33.7 Å². The van der Waals surface area contributed by atoms with Crippen LogP contribution in [0.15, 0.2) is 60.8 Å². The Hall–Kier alpha value is -2.88. The molecule has 4 nitrogen and oxygen atoms in total. The number of nitrogens with zero attached hydrogens (tertiary/aromatic N) is 3. The minimum atomic E-state index is 0.0159. The molecule has 1 heterocycles. The van der Waals surface area contributed by atoms with Gasteiger partial charge in [-0.25, -0.2) is 4.68 Å². The van der Waals surface area contributed by atoms with Crippen LogP contribution in [0.1, 0.15) is 29.8 Å². The van der Waals surface area contributed by atoms with E-state index in [2.05, 4.69) is 6.92 Å². The van der Waals surface area contributed by atoms with E-state index in [1.807, 2.05) is 79.5 Å². The normalized spacial score (nSPS) is 10.7. The molecule has 0 aliphatic rings. The first-order valence-electron chi connectivity index (χ1n) is 8.65. The van der Waals surface area contributed by atoms with Crippen LogP contribution in [-0.2, 0) is 0 Å². The van der Waals surface area contributed by atoms with E-state index in [0.717, 1.165) is 16.9 Å². The Labute approximate surface area is 148 Å². The molecule has 3 rings (SSSR count). The van der Waals surface area contributed by atoms with Crippen LogP contribution in [0.3, 0.4) is 0 Å². The van der Waals surface area contributed by atoms with E-state index in [1.54, 1.807) is 4.68 Å². The first kappa shape index (κ1) is 17.0. The van der Waals surface area contributed by atoms with E-state index in [4.69, 9.17) is 5.10 Å². The molecule has 0 fully saturated rings. The van der Waals surface area contributed by atoms with Gasteiger partial charge in [0.25, 0.3) is 5.91 Å². The quantitative estimate of drug-likeness (QED) is 0.697. The fourth-order valence-corrected chi connectivity index (χ4v) is 2.85. The lowest BCUT2D eigenvalue weighted by atomic mass is 10.1. The van der Waals surface area contributed by atoms with Gasteiger partial charge in [-0.15, -0.1) is 0 Å². The standard InChI is InChI=1S/C21H23N3O/c1-4-23(5-2)21(25)19-15-24(18-13-11-16(3)12-14-18)22-20(19)17-9-7-6-8-10-17/h6-15H,4-5H2,1-3H3. The summed E-state index contributed by atoms with van der Waals surface area (Å²) in [5.74, 6) is 0.0159. The van der Waals surface area contributed by atoms with Crippen LogP contribution < -0.4 is 0 Å². The summed E-state index contributed by atoms with van der Waals surface area (Å²) in [4.78, 5) is 14.8. The molecule has 0 aliphatic heterocycles. The van der Waals surface area contributed by atoms with Gasteiger partial charge in [0, 0.05) is 24.8 Å². The molecule has 0 N–H and O–H groups in total. The predicted molar refractivity (Wildman–Crippen MR) is 101 cm³/mol. The van der Waals surface area contributed by atoms with Crippen LogP contribution >= 0.6 is 0 Å². The molecule has 0 aliphatic carbocycles. The summed E-state index contributed by atoms with van der Waals surface area (Å²) in [5, 5.41) is 4.72. The Kier molecular flexibility index (Phi) is 4.98. The highest BCUT2D eigenvalue weighted by Gasteiger charge is 2.21. The van der Waals surface area contributed by atoms with E-state index >= 15 is 0 Å². The number of benzene rings is 2. The summed E-state index contributed by atoms with van der Waals surface area (Å²) in [5.41, 5.74) is 4.44. The zero-order valence-electron chi connectivity index (χ0n) is 14.9. The van der Waals surface area contributed by atoms with E-state index in [0.29, 0.717) is 18.7 Å². The van der Waals surface area contributed by atoms with Crippen molar-refractivity contribution in [2.45, 2.75) is 20.8 Å². The molecule has 128 valence electrons. The van der Waals surface area contributed by atoms with Crippen molar-refractivity contribution >= 4 is 5.91 Å². The third kappa shape index (κ3) is 3.48. The third-order valence-electron chi connectivity index (χ3n) is 4.34. The zero-order valence-corrected chi connectivity index (χ0v) is 14.9. The molecular formula is C21H23N3O. The minimum absolute atomic E-state index is 0.0159. The first-order chi connectivity index (χ1) is 12.1. The fourth-order valence-electron chi connectivity index (χ4n) is 2.85. The van der Waals surface area contributed by atoms with Gasteiger partial charge >= 0.3 is 0 Å². The molecule has 0 saturated carbocycles. The van der Waals surface area contributed by atoms with Gasteiger partial charge in [-0.05, 0) is 32.9 Å². The molecule has 0 spiro atoms. The van der Waals surface area contributed by atoms with Crippen LogP contribution in [0.2, 0.25) is 0 Å². The second kappa shape index (κ2) is 7.34. The molecular weight excluding hydrogens is 310 g/mol. The van der Waals surface area contributed by atoms with Crippen LogP contribution in [0.25, 0.3) is 16.9 Å². The lowest BCUT2D eigenvalue weighted by Crippen LogP contribution is -2.30. The highest BCUT2D eigenvalue weighted by atomic mass is 16.2. The predicted octanol–water partition coefficient (Wildman–Crippen LogP) is 4.33. The molecule has 0 radical (unpaired) electrons. The maximum absolute atomic E-state index is 13.0. The lowest BCUT2D eigenvalue weighted by molar-refractivity contribution is 0.0773. The molecule has 0 saturated heterocycles. The van der Waals surface area contributed by atoms with Gasteiger partial charge in [-0.3, -0.25) is 4.79 Å². The van der Waals surface area contributed by atoms with Gasteiger partial charge in [-0.1, -0.05) is 48.0 Å². The topological polar surface area (TPSA) is 38.1 Å². The van der Waals surface area contributed by atoms with Crippen molar-refractivity contribution in [3.05, 3.63) is 71.9 Å². The number of hydrogen-bond donors (Lipinski definition) is 0. The summed E-state index contributed by atoms with van der Waals surface area (Å²) >= 11 is 0. The zero-order chi connectivity index (χ0) is 17.8. The number of amides is 1. The number of aryl methyl sites for hydroxylation is 1. The number of carbonyl (C=O) groups is 1. The summed E-state index contributed by atoms with van der Waals surface area (Å²) in [6.45, 7) is 7.40. The average Bonchev–Trinajstić information content (AvgIpc) is 3.09. The first-order valence-corrected chi connectivity index (χ1v) is 8.65. The van der Waals surface area contributed by atoms with Crippen molar-refractivity contribution in [2.24, 2.45) is 0 Å². The van der Waals surface area contributed by atoms with Crippen molar-refractivity contribution in [1.82, 2.24) is 14.7 Å². The van der Waals surface area contributed by atoms with Crippen molar-refractivity contribution < 1.29 is 4.79 Å². The largest absolute Gasteiger partial charge is 0.339 e. The maximum atomic E-state index is 13.0. The van der Waals surface area contributed by atoms with E-state index in [-0.39, 0.29) is 5.91 Å². The lowest BCUT2D eigenvalue weighted by Gasteiger charge is -2.18. The summed E-state index contributed by atoms with van der Waals surface area (Å²) < 4.78 is 1.79. The second-order valence-corrected chi connectivity index (χ2v) is 6.01. The molecule has 0 bridgehead atoms. The molecule has 0 unspecified atom stereocenters. The van der Waals surface area contributed by atoms with Crippen molar-refractivity contribution in [1.29, 1.82) is 0 Å². The monoisotopic (exact) mass is 333 g/mol. The van der Waals surface area contributed by atoms with E-state index in [1.165, 1.54) is 5.56 Å². The highest BCUT2D eigenvalue weighted by Crippen LogP contribution is 2.25. The Morgan fingerprint density at radius 1 is 1.00 bits per heavy atom. The van der Waals surface area contributed by atoms with Gasteiger partial charge in [-0.2, -0.15) is 5.10 Å². The third-order valence-corrected chi connectivity index (χ3v) is 4.34. The minimum Gasteiger partial charge on any atom is -0.339 e. The molecule has 1 amide bonds. The highest BCUT2D eigenvalue weighted by molar-refractivity contribution is 5.99. The van der Waals surface area contributed by atoms with Crippen molar-refractivity contribution in [3.63, 3.8) is 0 Å². The molecule has 1 aromatic heterocycles. The van der Waals surface area contributed by atoms with Gasteiger partial charge in [0.2, 0.25) is 0 Å². The number of rotatable bonds is 5. The van der Waals surface area contributed by atoms with Gasteiger partial charge in [0.1, 0.15) is 5.69 Å². The Morgan fingerprint density at radius 3 is 2.24 bits per heavy atom. The van der Waals surface area contributed by atoms with E-state index < -0.39 is 0 Å². The Bertz CT molecular complexity index is 847. The van der Waals surface area contributed by atoms with E-state index in [9.17, 15) is 4.79 Å². The fraction of sp³-hybridized carbons (Fsp3) is 0.238. The van der Waals surface area contributed by atoms with Crippen LogP contribution in [0, 0.1) is 6.92 Å². The Balaban J connectivity index is 2.11. The van der Waals surface area contributed by atoms with Crippen molar-refractivity contribution in [3.8, 4) is 16.9 Å². The van der Waals surface area contributed by atoms with Gasteiger partial charge < -0.3 is 4.90 Å². The SMILES string of the molecule is CCN(CC)C(=O)c1cn(-c2ccc(C)cc2)nc1-c1ccccc1. The summed E-state index contributed by atoms with van der Waals surface area (Å²) in [6, 6.07) is 18.0. The number of aromatic nitrogens is 2. The molecule has 25 heavy (non-hydrogen) atoms. The molecule has 0 atom stereocenters. The molecule has 3 aromatic rings. The summed E-state index contributed by atoms with van der Waals surface area (Å²) in [7, 11) is 0. The maximum Gasteiger partial charge on any atom is 0.257 e. The van der Waals surface area contributed by atoms with Crippen molar-refractivity contribution in [2.75, 3.05) is 13.1 Å². The smallest absolute Gasteiger partial charge is 0.257 e. The van der Waals surface area contributed by atoms with Crippen LogP contribution in [0.4, 0.5) is 0 Å². The Morgan fingerprint density at radius 2 is 1.64 bits per heavy atom. The van der Waals surface area contributed by atoms with Gasteiger partial charge in [0.15, 0.2) is 0 Å².